The number of hydrogen-bond acceptors (Lipinski definition) is 5. The fourth-order valence-electron chi connectivity index (χ4n) is 2.96. The fourth-order valence-corrected chi connectivity index (χ4v) is 2.96. The Morgan fingerprint density at radius 3 is 2.05 bits per heavy atom. The van der Waals surface area contributed by atoms with Crippen LogP contribution >= 0.6 is 0 Å². The molecule has 0 spiro atoms. The first-order valence-corrected chi connectivity index (χ1v) is 7.47. The highest BCUT2D eigenvalue weighted by atomic mass is 16.3. The molecule has 0 radical (unpaired) electrons. The van der Waals surface area contributed by atoms with Crippen LogP contribution in [0.4, 0.5) is 0 Å². The second-order valence-electron chi connectivity index (χ2n) is 8.88. The average Bonchev–Trinajstić information content (AvgIpc) is 2.70. The normalized spacial score (nSPS) is 15.0. The molecular weight excluding hydrogens is 266 g/mol. The summed E-state index contributed by atoms with van der Waals surface area (Å²) in [6, 6.07) is -0.515. The predicted molar refractivity (Wildman–Crippen MR) is 83.8 cm³/mol. The highest BCUT2D eigenvalue weighted by Crippen LogP contribution is 2.36. The van der Waals surface area contributed by atoms with Crippen molar-refractivity contribution in [3.05, 3.63) is 10.7 Å². The largest absolute Gasteiger partial charge is 0.222 e. The minimum atomic E-state index is -0.515. The van der Waals surface area contributed by atoms with E-state index in [0.717, 1.165) is 6.42 Å². The van der Waals surface area contributed by atoms with Crippen LogP contribution in [0, 0.1) is 15.7 Å². The van der Waals surface area contributed by atoms with E-state index in [1.165, 1.54) is 0 Å². The lowest BCUT2D eigenvalue weighted by molar-refractivity contribution is 0.185. The lowest BCUT2D eigenvalue weighted by Crippen LogP contribution is -2.34. The van der Waals surface area contributed by atoms with E-state index < -0.39 is 6.04 Å². The van der Waals surface area contributed by atoms with Gasteiger partial charge in [-0.05, 0) is 47.9 Å². The van der Waals surface area contributed by atoms with Crippen molar-refractivity contribution in [1.82, 2.24) is 20.2 Å². The number of hydrogen-bond donors (Lipinski definition) is 0. The topological polar surface area (TPSA) is 73.0 Å². The third-order valence-corrected chi connectivity index (χ3v) is 3.26. The van der Waals surface area contributed by atoms with Gasteiger partial charge >= 0.3 is 0 Å². The molecule has 0 aliphatic rings. The molecule has 1 unspecified atom stereocenters. The van der Waals surface area contributed by atoms with Crippen LogP contribution in [0.2, 0.25) is 0 Å². The summed E-state index contributed by atoms with van der Waals surface area (Å²) in [7, 11) is 0. The van der Waals surface area contributed by atoms with Crippen molar-refractivity contribution in [2.45, 2.75) is 79.8 Å². The lowest BCUT2D eigenvalue weighted by atomic mass is 9.81. The second-order valence-corrected chi connectivity index (χ2v) is 8.88. The molecule has 0 aliphatic carbocycles. The van der Waals surface area contributed by atoms with Gasteiger partial charge in [0.05, 0.1) is 5.54 Å². The molecule has 1 atom stereocenters. The molecule has 0 N–H and O–H groups in total. The SMILES string of the molecule is CC(C)(C)CC(N=O)c1nnnn1C(C)(C)CC(C)(C)C. The van der Waals surface area contributed by atoms with Gasteiger partial charge in [0.1, 0.15) is 0 Å². The lowest BCUT2D eigenvalue weighted by Gasteiger charge is -2.33. The maximum absolute atomic E-state index is 11.3. The quantitative estimate of drug-likeness (QED) is 0.767. The van der Waals surface area contributed by atoms with Gasteiger partial charge in [-0.3, -0.25) is 0 Å². The molecule has 21 heavy (non-hydrogen) atoms. The zero-order valence-corrected chi connectivity index (χ0v) is 14.6. The zero-order chi connectivity index (χ0) is 16.5. The highest BCUT2D eigenvalue weighted by molar-refractivity contribution is 4.99. The summed E-state index contributed by atoms with van der Waals surface area (Å²) >= 11 is 0. The van der Waals surface area contributed by atoms with E-state index in [1.54, 1.807) is 4.68 Å². The maximum Gasteiger partial charge on any atom is 0.180 e. The minimum absolute atomic E-state index is 0.0104. The molecular formula is C15H29N5O. The average molecular weight is 295 g/mol. The summed E-state index contributed by atoms with van der Waals surface area (Å²) in [5.41, 5.74) is -0.137. The van der Waals surface area contributed by atoms with Crippen molar-refractivity contribution in [3.8, 4) is 0 Å². The molecule has 0 aromatic carbocycles. The second kappa shape index (κ2) is 5.81. The Morgan fingerprint density at radius 2 is 1.62 bits per heavy atom. The first-order valence-electron chi connectivity index (χ1n) is 7.47. The van der Waals surface area contributed by atoms with E-state index in [-0.39, 0.29) is 16.4 Å². The molecule has 0 fully saturated rings. The van der Waals surface area contributed by atoms with Gasteiger partial charge in [0.15, 0.2) is 11.9 Å². The third kappa shape index (κ3) is 5.17. The van der Waals surface area contributed by atoms with Crippen molar-refractivity contribution in [2.24, 2.45) is 16.0 Å². The van der Waals surface area contributed by atoms with Crippen LogP contribution in [0.3, 0.4) is 0 Å². The number of nitrogens with zero attached hydrogens (tertiary/aromatic N) is 5. The molecule has 0 saturated heterocycles. The van der Waals surface area contributed by atoms with Gasteiger partial charge in [-0.15, -0.1) is 5.10 Å². The van der Waals surface area contributed by atoms with E-state index >= 15 is 0 Å². The minimum Gasteiger partial charge on any atom is -0.222 e. The Kier molecular flexibility index (Phi) is 4.90. The summed E-state index contributed by atoms with van der Waals surface area (Å²) in [5, 5.41) is 15.3. The molecule has 1 rings (SSSR count). The van der Waals surface area contributed by atoms with Gasteiger partial charge in [0.2, 0.25) is 0 Å². The summed E-state index contributed by atoms with van der Waals surface area (Å²) in [6.07, 6.45) is 1.53. The van der Waals surface area contributed by atoms with Gasteiger partial charge in [0.25, 0.3) is 0 Å². The highest BCUT2D eigenvalue weighted by Gasteiger charge is 2.34. The van der Waals surface area contributed by atoms with E-state index in [2.05, 4.69) is 76.1 Å². The van der Waals surface area contributed by atoms with Crippen LogP contribution in [0.15, 0.2) is 5.18 Å². The van der Waals surface area contributed by atoms with Gasteiger partial charge in [0, 0.05) is 0 Å². The Labute approximate surface area is 127 Å². The predicted octanol–water partition coefficient (Wildman–Crippen LogP) is 4.09. The Hall–Kier alpha value is -1.33. The number of aromatic nitrogens is 4. The van der Waals surface area contributed by atoms with Crippen LogP contribution in [-0.4, -0.2) is 20.2 Å². The van der Waals surface area contributed by atoms with Crippen molar-refractivity contribution in [2.75, 3.05) is 0 Å². The summed E-state index contributed by atoms with van der Waals surface area (Å²) in [5.74, 6) is 0.564. The summed E-state index contributed by atoms with van der Waals surface area (Å²) in [6.45, 7) is 17.0. The standard InChI is InChI=1S/C15H29N5O/c1-13(2,3)9-11(17-21)12-16-18-19-20(12)15(7,8)10-14(4,5)6/h11H,9-10H2,1-8H3. The van der Waals surface area contributed by atoms with Gasteiger partial charge in [-0.1, -0.05) is 46.7 Å². The maximum atomic E-state index is 11.3. The molecule has 0 bridgehead atoms. The van der Waals surface area contributed by atoms with Crippen LogP contribution in [0.5, 0.6) is 0 Å². The zero-order valence-electron chi connectivity index (χ0n) is 14.6. The van der Waals surface area contributed by atoms with E-state index in [0.29, 0.717) is 12.2 Å². The summed E-state index contributed by atoms with van der Waals surface area (Å²) < 4.78 is 1.77. The first-order chi connectivity index (χ1) is 9.36. The fraction of sp³-hybridized carbons (Fsp3) is 0.933. The number of tetrazole rings is 1. The van der Waals surface area contributed by atoms with Crippen molar-refractivity contribution in [1.29, 1.82) is 0 Å². The van der Waals surface area contributed by atoms with E-state index in [9.17, 15) is 4.91 Å². The van der Waals surface area contributed by atoms with Crippen molar-refractivity contribution >= 4 is 0 Å². The van der Waals surface area contributed by atoms with Crippen LogP contribution in [-0.2, 0) is 5.54 Å². The van der Waals surface area contributed by atoms with E-state index in [1.807, 2.05) is 0 Å². The molecule has 0 amide bonds. The molecule has 0 aliphatic heterocycles. The van der Waals surface area contributed by atoms with Crippen LogP contribution < -0.4 is 0 Å². The molecule has 1 aromatic heterocycles. The molecule has 0 saturated carbocycles. The Morgan fingerprint density at radius 1 is 1.05 bits per heavy atom. The molecule has 120 valence electrons. The van der Waals surface area contributed by atoms with Crippen molar-refractivity contribution < 1.29 is 0 Å². The van der Waals surface area contributed by atoms with Gasteiger partial charge < -0.3 is 0 Å². The number of rotatable bonds is 5. The van der Waals surface area contributed by atoms with Crippen LogP contribution in [0.25, 0.3) is 0 Å². The summed E-state index contributed by atoms with van der Waals surface area (Å²) in [4.78, 5) is 11.3. The Bertz CT molecular complexity index is 479. The molecule has 6 heteroatoms. The van der Waals surface area contributed by atoms with E-state index in [4.69, 9.17) is 0 Å². The van der Waals surface area contributed by atoms with Gasteiger partial charge in [-0.2, -0.15) is 4.91 Å². The smallest absolute Gasteiger partial charge is 0.180 e. The molecule has 1 aromatic rings. The Balaban J connectivity index is 3.13. The molecule has 6 nitrogen and oxygen atoms in total. The first kappa shape index (κ1) is 17.7. The van der Waals surface area contributed by atoms with Crippen molar-refractivity contribution in [3.63, 3.8) is 0 Å². The third-order valence-electron chi connectivity index (χ3n) is 3.26. The molecule has 1 heterocycles. The van der Waals surface area contributed by atoms with Gasteiger partial charge in [-0.25, -0.2) is 4.68 Å². The number of nitroso groups, excluding NO2 is 1. The van der Waals surface area contributed by atoms with Crippen LogP contribution in [0.1, 0.15) is 80.1 Å². The monoisotopic (exact) mass is 295 g/mol.